The third kappa shape index (κ3) is 5.10. The molecule has 1 aromatic carbocycles. The summed E-state index contributed by atoms with van der Waals surface area (Å²) in [5.41, 5.74) is 0.573. The second-order valence-corrected chi connectivity index (χ2v) is 6.28. The lowest BCUT2D eigenvalue weighted by atomic mass is 10.2. The molecule has 20 heavy (non-hydrogen) atoms. The van der Waals surface area contributed by atoms with Gasteiger partial charge < -0.3 is 5.32 Å². The molecule has 0 saturated heterocycles. The van der Waals surface area contributed by atoms with Crippen LogP contribution in [-0.4, -0.2) is 27.4 Å². The lowest BCUT2D eigenvalue weighted by Crippen LogP contribution is -2.29. The van der Waals surface area contributed by atoms with Gasteiger partial charge in [-0.25, -0.2) is 26.3 Å². The van der Waals surface area contributed by atoms with Crippen molar-refractivity contribution in [3.05, 3.63) is 29.6 Å². The van der Waals surface area contributed by atoms with Crippen LogP contribution in [0, 0.1) is 5.82 Å². The van der Waals surface area contributed by atoms with Crippen LogP contribution in [0.1, 0.15) is 19.4 Å². The summed E-state index contributed by atoms with van der Waals surface area (Å²) in [5.74, 6) is -0.963. The van der Waals surface area contributed by atoms with Crippen molar-refractivity contribution in [2.24, 2.45) is 0 Å². The maximum Gasteiger partial charge on any atom is 0.251 e. The number of hydrogen-bond donors (Lipinski definition) is 2. The quantitative estimate of drug-likeness (QED) is 0.808. The van der Waals surface area contributed by atoms with Crippen LogP contribution in [0.15, 0.2) is 23.1 Å². The molecule has 114 valence electrons. The Kier molecular flexibility index (Phi) is 5.97. The average molecular weight is 310 g/mol. The van der Waals surface area contributed by atoms with E-state index in [-0.39, 0.29) is 6.04 Å². The van der Waals surface area contributed by atoms with Crippen molar-refractivity contribution in [2.45, 2.75) is 37.8 Å². The summed E-state index contributed by atoms with van der Waals surface area (Å²) in [5, 5.41) is 3.06. The molecule has 2 N–H and O–H groups in total. The largest absolute Gasteiger partial charge is 0.310 e. The molecule has 0 aliphatic rings. The van der Waals surface area contributed by atoms with Gasteiger partial charge in [0.1, 0.15) is 10.7 Å². The van der Waals surface area contributed by atoms with Crippen LogP contribution >= 0.6 is 0 Å². The summed E-state index contributed by atoms with van der Waals surface area (Å²) in [4.78, 5) is -0.633. The van der Waals surface area contributed by atoms with Crippen LogP contribution < -0.4 is 10.0 Å². The van der Waals surface area contributed by atoms with E-state index >= 15 is 0 Å². The first kappa shape index (κ1) is 16.9. The molecular weight excluding hydrogens is 293 g/mol. The van der Waals surface area contributed by atoms with Crippen LogP contribution in [0.3, 0.4) is 0 Å². The highest BCUT2D eigenvalue weighted by Gasteiger charge is 2.20. The highest BCUT2D eigenvalue weighted by atomic mass is 32.2. The van der Waals surface area contributed by atoms with E-state index in [0.29, 0.717) is 12.1 Å². The molecule has 0 aromatic heterocycles. The van der Waals surface area contributed by atoms with E-state index < -0.39 is 33.7 Å². The zero-order valence-electron chi connectivity index (χ0n) is 11.2. The van der Waals surface area contributed by atoms with Crippen LogP contribution in [0.4, 0.5) is 13.2 Å². The Bertz CT molecular complexity index is 548. The molecule has 1 rings (SSSR count). The standard InChI is InChI=1S/C12H17F3N2O2S/c1-8(2)16-6-9-3-4-11(10(13)5-9)20(18,19)17-7-12(14)15/h3-5,8,12,16-17H,6-7H2,1-2H3. The monoisotopic (exact) mass is 310 g/mol. The molecule has 0 unspecified atom stereocenters. The Morgan fingerprint density at radius 2 is 1.90 bits per heavy atom. The fourth-order valence-corrected chi connectivity index (χ4v) is 2.51. The Hall–Kier alpha value is -1.12. The first-order chi connectivity index (χ1) is 9.22. The minimum atomic E-state index is -4.26. The van der Waals surface area contributed by atoms with Crippen LogP contribution in [0.2, 0.25) is 0 Å². The van der Waals surface area contributed by atoms with E-state index in [9.17, 15) is 21.6 Å². The lowest BCUT2D eigenvalue weighted by molar-refractivity contribution is 0.153. The highest BCUT2D eigenvalue weighted by molar-refractivity contribution is 7.89. The van der Waals surface area contributed by atoms with Gasteiger partial charge in [-0.15, -0.1) is 0 Å². The summed E-state index contributed by atoms with van der Waals surface area (Å²) in [6.07, 6.45) is -2.83. The number of nitrogens with one attached hydrogen (secondary N) is 2. The molecule has 8 heteroatoms. The van der Waals surface area contributed by atoms with E-state index in [1.807, 2.05) is 13.8 Å². The summed E-state index contributed by atoms with van der Waals surface area (Å²) in [6.45, 7) is 3.19. The number of sulfonamides is 1. The van der Waals surface area contributed by atoms with Crippen molar-refractivity contribution < 1.29 is 21.6 Å². The number of alkyl halides is 2. The van der Waals surface area contributed by atoms with E-state index in [4.69, 9.17) is 0 Å². The minimum Gasteiger partial charge on any atom is -0.310 e. The molecule has 1 aromatic rings. The molecule has 0 spiro atoms. The maximum atomic E-state index is 13.8. The van der Waals surface area contributed by atoms with E-state index in [1.165, 1.54) is 6.07 Å². The zero-order chi connectivity index (χ0) is 15.3. The van der Waals surface area contributed by atoms with Crippen molar-refractivity contribution >= 4 is 10.0 Å². The van der Waals surface area contributed by atoms with Gasteiger partial charge in [-0.3, -0.25) is 0 Å². The minimum absolute atomic E-state index is 0.203. The summed E-state index contributed by atoms with van der Waals surface area (Å²) in [6, 6.07) is 3.79. The second kappa shape index (κ2) is 7.05. The predicted octanol–water partition coefficient (Wildman–Crippen LogP) is 1.87. The molecule has 0 atom stereocenters. The van der Waals surface area contributed by atoms with Crippen molar-refractivity contribution in [3.63, 3.8) is 0 Å². The third-order valence-corrected chi connectivity index (χ3v) is 3.88. The zero-order valence-corrected chi connectivity index (χ0v) is 12.0. The maximum absolute atomic E-state index is 13.8. The topological polar surface area (TPSA) is 58.2 Å². The summed E-state index contributed by atoms with van der Waals surface area (Å²) >= 11 is 0. The lowest BCUT2D eigenvalue weighted by Gasteiger charge is -2.10. The van der Waals surface area contributed by atoms with Gasteiger partial charge in [0, 0.05) is 12.6 Å². The average Bonchev–Trinajstić information content (AvgIpc) is 2.34. The molecule has 0 aliphatic heterocycles. The molecule has 0 aliphatic carbocycles. The molecule has 4 nitrogen and oxygen atoms in total. The highest BCUT2D eigenvalue weighted by Crippen LogP contribution is 2.16. The van der Waals surface area contributed by atoms with Gasteiger partial charge >= 0.3 is 0 Å². The fraction of sp³-hybridized carbons (Fsp3) is 0.500. The molecule has 0 saturated carbocycles. The number of hydrogen-bond acceptors (Lipinski definition) is 3. The Labute approximate surface area is 116 Å². The molecule has 0 heterocycles. The molecule has 0 fully saturated rings. The third-order valence-electron chi connectivity index (χ3n) is 2.43. The molecule has 0 amide bonds. The van der Waals surface area contributed by atoms with E-state index in [0.717, 1.165) is 12.1 Å². The van der Waals surface area contributed by atoms with Gasteiger partial charge in [0.2, 0.25) is 10.0 Å². The molecule has 0 radical (unpaired) electrons. The predicted molar refractivity (Wildman–Crippen MR) is 69.6 cm³/mol. The van der Waals surface area contributed by atoms with Crippen molar-refractivity contribution in [1.29, 1.82) is 0 Å². The summed E-state index contributed by atoms with van der Waals surface area (Å²) < 4.78 is 62.7. The Morgan fingerprint density at radius 3 is 2.40 bits per heavy atom. The normalized spacial score (nSPS) is 12.3. The first-order valence-electron chi connectivity index (χ1n) is 6.02. The van der Waals surface area contributed by atoms with E-state index in [2.05, 4.69) is 5.32 Å². The van der Waals surface area contributed by atoms with Crippen LogP contribution in [0.5, 0.6) is 0 Å². The number of rotatable bonds is 7. The molecular formula is C12H17F3N2O2S. The van der Waals surface area contributed by atoms with Gasteiger partial charge in [0.05, 0.1) is 6.54 Å². The Balaban J connectivity index is 2.87. The first-order valence-corrected chi connectivity index (χ1v) is 7.50. The van der Waals surface area contributed by atoms with Crippen LogP contribution in [0.25, 0.3) is 0 Å². The smallest absolute Gasteiger partial charge is 0.251 e. The number of benzene rings is 1. The summed E-state index contributed by atoms with van der Waals surface area (Å²) in [7, 11) is -4.26. The van der Waals surface area contributed by atoms with E-state index in [1.54, 1.807) is 4.72 Å². The second-order valence-electron chi connectivity index (χ2n) is 4.54. The molecule has 0 bridgehead atoms. The van der Waals surface area contributed by atoms with Gasteiger partial charge in [-0.05, 0) is 17.7 Å². The van der Waals surface area contributed by atoms with Crippen molar-refractivity contribution in [3.8, 4) is 0 Å². The van der Waals surface area contributed by atoms with Gasteiger partial charge in [-0.2, -0.15) is 0 Å². The fourth-order valence-electron chi connectivity index (χ4n) is 1.44. The number of halogens is 3. The van der Waals surface area contributed by atoms with Gasteiger partial charge in [-0.1, -0.05) is 19.9 Å². The SMILES string of the molecule is CC(C)NCc1ccc(S(=O)(=O)NCC(F)F)c(F)c1. The van der Waals surface area contributed by atoms with Crippen LogP contribution in [-0.2, 0) is 16.6 Å². The van der Waals surface area contributed by atoms with Crippen molar-refractivity contribution in [1.82, 2.24) is 10.0 Å². The van der Waals surface area contributed by atoms with Gasteiger partial charge in [0.25, 0.3) is 6.43 Å². The Morgan fingerprint density at radius 1 is 1.25 bits per heavy atom. The van der Waals surface area contributed by atoms with Crippen molar-refractivity contribution in [2.75, 3.05) is 6.54 Å². The van der Waals surface area contributed by atoms with Gasteiger partial charge in [0.15, 0.2) is 0 Å².